The zero-order valence-corrected chi connectivity index (χ0v) is 21.8. The second-order valence-electron chi connectivity index (χ2n) is 9.81. The van der Waals surface area contributed by atoms with Gasteiger partial charge in [-0.2, -0.15) is 0 Å². The number of ether oxygens (including phenoxy) is 2. The van der Waals surface area contributed by atoms with Crippen molar-refractivity contribution >= 4 is 16.7 Å². The number of anilines is 1. The number of pyridine rings is 1. The quantitative estimate of drug-likeness (QED) is 0.340. The lowest BCUT2D eigenvalue weighted by molar-refractivity contribution is 0.238. The van der Waals surface area contributed by atoms with Gasteiger partial charge in [-0.05, 0) is 69.5 Å². The van der Waals surface area contributed by atoms with Crippen molar-refractivity contribution in [3.8, 4) is 11.5 Å². The van der Waals surface area contributed by atoms with Gasteiger partial charge in [0.1, 0.15) is 28.5 Å². The molecule has 0 amide bonds. The summed E-state index contributed by atoms with van der Waals surface area (Å²) >= 11 is 0. The highest BCUT2D eigenvalue weighted by Gasteiger charge is 2.28. The van der Waals surface area contributed by atoms with Crippen LogP contribution in [0.15, 0.2) is 59.5 Å². The van der Waals surface area contributed by atoms with E-state index in [0.29, 0.717) is 36.0 Å². The molecular formula is C29H33FN4O3. The summed E-state index contributed by atoms with van der Waals surface area (Å²) in [5.41, 5.74) is 3.72. The highest BCUT2D eigenvalue weighted by atomic mass is 19.1. The number of hydrogen-bond acceptors (Lipinski definition) is 5. The van der Waals surface area contributed by atoms with E-state index in [9.17, 15) is 9.18 Å². The first-order valence-corrected chi connectivity index (χ1v) is 12.8. The summed E-state index contributed by atoms with van der Waals surface area (Å²) in [4.78, 5) is 20.6. The first-order chi connectivity index (χ1) is 17.9. The van der Waals surface area contributed by atoms with E-state index in [4.69, 9.17) is 9.47 Å². The van der Waals surface area contributed by atoms with Crippen LogP contribution < -0.4 is 20.1 Å². The van der Waals surface area contributed by atoms with Crippen LogP contribution in [0.1, 0.15) is 44.0 Å². The Labute approximate surface area is 216 Å². The number of methoxy groups -OCH3 is 1. The van der Waals surface area contributed by atoms with Gasteiger partial charge in [0.15, 0.2) is 0 Å². The van der Waals surface area contributed by atoms with Crippen LogP contribution in [0.25, 0.3) is 11.0 Å². The minimum Gasteiger partial charge on any atom is -0.494 e. The molecule has 0 bridgehead atoms. The Bertz CT molecular complexity index is 1450. The topological polar surface area (TPSA) is 61.5 Å². The first-order valence-electron chi connectivity index (χ1n) is 12.8. The minimum absolute atomic E-state index is 0.0122. The van der Waals surface area contributed by atoms with Crippen molar-refractivity contribution < 1.29 is 13.9 Å². The standard InChI is InChI=1S/C29H33FN4O3/c1-19(2)37-25-12-7-15-31-23(25)18-33-28-24(10-6-11-26(28)36-4)34(29(33)35)21-13-16-32(17-14-21)27-20(3)8-5-9-22(27)30/h5-12,15,19,21H,13-14,16-18H2,1-4H3. The third-order valence-corrected chi connectivity index (χ3v) is 7.02. The average molecular weight is 505 g/mol. The zero-order valence-electron chi connectivity index (χ0n) is 21.8. The molecule has 0 radical (unpaired) electrons. The summed E-state index contributed by atoms with van der Waals surface area (Å²) in [5.74, 6) is 1.09. The molecular weight excluding hydrogens is 471 g/mol. The predicted octanol–water partition coefficient (Wildman–Crippen LogP) is 5.33. The Morgan fingerprint density at radius 1 is 1.05 bits per heavy atom. The van der Waals surface area contributed by atoms with Crippen LogP contribution in [0.5, 0.6) is 11.5 Å². The molecule has 0 N–H and O–H groups in total. The van der Waals surface area contributed by atoms with Crippen LogP contribution >= 0.6 is 0 Å². The Morgan fingerprint density at radius 2 is 1.78 bits per heavy atom. The number of halogens is 1. The van der Waals surface area contributed by atoms with E-state index in [2.05, 4.69) is 9.88 Å². The molecule has 0 unspecified atom stereocenters. The lowest BCUT2D eigenvalue weighted by Crippen LogP contribution is -2.38. The molecule has 8 heteroatoms. The number of hydrogen-bond donors (Lipinski definition) is 0. The molecule has 3 heterocycles. The van der Waals surface area contributed by atoms with Gasteiger partial charge in [-0.1, -0.05) is 18.2 Å². The SMILES string of the molecule is COc1cccc2c1n(Cc1ncccc1OC(C)C)c(=O)n2C1CCN(c2c(C)cccc2F)CC1. The highest BCUT2D eigenvalue weighted by molar-refractivity contribution is 5.83. The normalized spacial score (nSPS) is 14.5. The lowest BCUT2D eigenvalue weighted by Gasteiger charge is -2.35. The van der Waals surface area contributed by atoms with Crippen LogP contribution in [0.3, 0.4) is 0 Å². The van der Waals surface area contributed by atoms with Gasteiger partial charge in [-0.3, -0.25) is 14.1 Å². The third kappa shape index (κ3) is 4.68. The van der Waals surface area contributed by atoms with Crippen molar-refractivity contribution in [3.63, 3.8) is 0 Å². The molecule has 0 atom stereocenters. The van der Waals surface area contributed by atoms with Crippen molar-refractivity contribution in [1.82, 2.24) is 14.1 Å². The molecule has 4 aromatic rings. The summed E-state index contributed by atoms with van der Waals surface area (Å²) < 4.78 is 29.9. The number of aromatic nitrogens is 3. The van der Waals surface area contributed by atoms with E-state index >= 15 is 0 Å². The number of piperidine rings is 1. The van der Waals surface area contributed by atoms with Gasteiger partial charge < -0.3 is 14.4 Å². The first kappa shape index (κ1) is 24.9. The molecule has 1 aliphatic rings. The third-order valence-electron chi connectivity index (χ3n) is 7.02. The maximum atomic E-state index is 14.6. The molecule has 194 valence electrons. The number of rotatable bonds is 7. The Kier molecular flexibility index (Phi) is 6.91. The maximum Gasteiger partial charge on any atom is 0.329 e. The van der Waals surface area contributed by atoms with Crippen molar-refractivity contribution in [1.29, 1.82) is 0 Å². The average Bonchev–Trinajstić information content (AvgIpc) is 3.16. The summed E-state index contributed by atoms with van der Waals surface area (Å²) in [6, 6.07) is 14.6. The second-order valence-corrected chi connectivity index (χ2v) is 9.81. The smallest absolute Gasteiger partial charge is 0.329 e. The van der Waals surface area contributed by atoms with Gasteiger partial charge in [0.2, 0.25) is 0 Å². The van der Waals surface area contributed by atoms with E-state index in [1.165, 1.54) is 6.07 Å². The second kappa shape index (κ2) is 10.3. The van der Waals surface area contributed by atoms with Crippen LogP contribution in [-0.4, -0.2) is 40.4 Å². The molecule has 5 rings (SSSR count). The van der Waals surface area contributed by atoms with Crippen LogP contribution in [0.4, 0.5) is 10.1 Å². The van der Waals surface area contributed by atoms with E-state index < -0.39 is 0 Å². The Balaban J connectivity index is 1.52. The molecule has 37 heavy (non-hydrogen) atoms. The number of para-hydroxylation sites is 2. The molecule has 2 aromatic carbocycles. The van der Waals surface area contributed by atoms with Gasteiger partial charge in [0.05, 0.1) is 31.0 Å². The van der Waals surface area contributed by atoms with Crippen LogP contribution in [0, 0.1) is 12.7 Å². The molecule has 7 nitrogen and oxygen atoms in total. The predicted molar refractivity (Wildman–Crippen MR) is 143 cm³/mol. The Morgan fingerprint density at radius 3 is 2.49 bits per heavy atom. The molecule has 0 saturated carbocycles. The number of nitrogens with zero attached hydrogens (tertiary/aromatic N) is 4. The maximum absolute atomic E-state index is 14.6. The van der Waals surface area contributed by atoms with Crippen molar-refractivity contribution in [2.45, 2.75) is 52.3 Å². The summed E-state index contributed by atoms with van der Waals surface area (Å²) in [5, 5.41) is 0. The lowest BCUT2D eigenvalue weighted by atomic mass is 10.0. The van der Waals surface area contributed by atoms with Gasteiger partial charge in [0, 0.05) is 25.3 Å². The largest absolute Gasteiger partial charge is 0.494 e. The van der Waals surface area contributed by atoms with E-state index in [-0.39, 0.29) is 30.2 Å². The fraction of sp³-hybridized carbons (Fsp3) is 0.379. The fourth-order valence-corrected chi connectivity index (χ4v) is 5.39. The summed E-state index contributed by atoms with van der Waals surface area (Å²) in [6.07, 6.45) is 3.16. The van der Waals surface area contributed by atoms with Gasteiger partial charge in [0.25, 0.3) is 0 Å². The summed E-state index contributed by atoms with van der Waals surface area (Å²) in [7, 11) is 1.62. The fourth-order valence-electron chi connectivity index (χ4n) is 5.39. The molecule has 2 aromatic heterocycles. The number of aryl methyl sites for hydroxylation is 1. The van der Waals surface area contributed by atoms with Crippen molar-refractivity contribution in [3.05, 3.63) is 82.3 Å². The van der Waals surface area contributed by atoms with E-state index in [0.717, 1.165) is 29.4 Å². The van der Waals surface area contributed by atoms with Crippen molar-refractivity contribution in [2.24, 2.45) is 0 Å². The van der Waals surface area contributed by atoms with Gasteiger partial charge >= 0.3 is 5.69 Å². The number of benzene rings is 2. The van der Waals surface area contributed by atoms with Crippen LogP contribution in [0.2, 0.25) is 0 Å². The monoisotopic (exact) mass is 504 g/mol. The number of imidazole rings is 1. The summed E-state index contributed by atoms with van der Waals surface area (Å²) in [6.45, 7) is 7.47. The zero-order chi connectivity index (χ0) is 26.1. The van der Waals surface area contributed by atoms with Crippen molar-refractivity contribution in [2.75, 3.05) is 25.1 Å². The molecule has 1 saturated heterocycles. The van der Waals surface area contributed by atoms with Crippen LogP contribution in [-0.2, 0) is 6.54 Å². The minimum atomic E-state index is -0.202. The molecule has 1 aliphatic heterocycles. The van der Waals surface area contributed by atoms with E-state index in [1.54, 1.807) is 23.9 Å². The van der Waals surface area contributed by atoms with E-state index in [1.807, 2.05) is 61.7 Å². The highest BCUT2D eigenvalue weighted by Crippen LogP contribution is 2.34. The van der Waals surface area contributed by atoms with Gasteiger partial charge in [-0.15, -0.1) is 0 Å². The molecule has 1 fully saturated rings. The Hall–Kier alpha value is -3.81. The molecule has 0 aliphatic carbocycles. The number of fused-ring (bicyclic) bond motifs is 1. The van der Waals surface area contributed by atoms with Gasteiger partial charge in [-0.25, -0.2) is 9.18 Å². The molecule has 0 spiro atoms.